The van der Waals surface area contributed by atoms with Crippen molar-refractivity contribution in [2.24, 2.45) is 5.10 Å². The average molecular weight is 398 g/mol. The van der Waals surface area contributed by atoms with Gasteiger partial charge in [-0.2, -0.15) is 5.10 Å². The molecule has 0 fully saturated rings. The van der Waals surface area contributed by atoms with Crippen molar-refractivity contribution in [3.05, 3.63) is 64.2 Å². The number of nitrogens with zero attached hydrogens (tertiary/aromatic N) is 2. The zero-order chi connectivity index (χ0) is 20.3. The minimum absolute atomic E-state index is 0.0953. The predicted octanol–water partition coefficient (Wildman–Crippen LogP) is 5.14. The van der Waals surface area contributed by atoms with Gasteiger partial charge in [0.25, 0.3) is 0 Å². The van der Waals surface area contributed by atoms with Crippen molar-refractivity contribution in [1.29, 1.82) is 0 Å². The number of amides is 1. The molecule has 1 heterocycles. The normalized spacial score (nSPS) is 18.2. The highest BCUT2D eigenvalue weighted by atomic mass is 35.5. The van der Waals surface area contributed by atoms with Crippen LogP contribution in [-0.2, 0) is 11.2 Å². The van der Waals surface area contributed by atoms with Crippen LogP contribution in [0.2, 0.25) is 5.02 Å². The summed E-state index contributed by atoms with van der Waals surface area (Å²) in [5, 5.41) is 4.75. The van der Waals surface area contributed by atoms with Crippen LogP contribution >= 0.6 is 11.6 Å². The van der Waals surface area contributed by atoms with Crippen molar-refractivity contribution in [1.82, 2.24) is 5.43 Å². The smallest absolute Gasteiger partial charge is 0.240 e. The number of carbonyl (C=O) groups is 1. The minimum Gasteiger partial charge on any atom is -0.369 e. The lowest BCUT2D eigenvalue weighted by atomic mass is 9.80. The van der Waals surface area contributed by atoms with Crippen molar-refractivity contribution in [3.63, 3.8) is 0 Å². The molecule has 1 unspecified atom stereocenters. The molecule has 0 saturated carbocycles. The molecule has 0 saturated heterocycles. The number of anilines is 1. The Labute approximate surface area is 172 Å². The molecule has 1 aliphatic rings. The zero-order valence-corrected chi connectivity index (χ0v) is 17.8. The predicted molar refractivity (Wildman–Crippen MR) is 117 cm³/mol. The summed E-state index contributed by atoms with van der Waals surface area (Å²) in [6, 6.07) is 14.0. The number of aryl methyl sites for hydroxylation is 1. The Kier molecular flexibility index (Phi) is 6.09. The van der Waals surface area contributed by atoms with E-state index >= 15 is 0 Å². The number of hydrazone groups is 1. The lowest BCUT2D eigenvalue weighted by Gasteiger charge is -2.45. The summed E-state index contributed by atoms with van der Waals surface area (Å²) in [5.41, 5.74) is 7.09. The van der Waals surface area contributed by atoms with Crippen LogP contribution in [0, 0.1) is 0 Å². The lowest BCUT2D eigenvalue weighted by molar-refractivity contribution is -0.121. The zero-order valence-electron chi connectivity index (χ0n) is 17.0. The van der Waals surface area contributed by atoms with Gasteiger partial charge in [0.2, 0.25) is 5.91 Å². The Morgan fingerprint density at radius 1 is 1.32 bits per heavy atom. The van der Waals surface area contributed by atoms with Crippen LogP contribution in [0.3, 0.4) is 0 Å². The van der Waals surface area contributed by atoms with Gasteiger partial charge in [0, 0.05) is 30.3 Å². The van der Waals surface area contributed by atoms with Gasteiger partial charge in [-0.25, -0.2) is 5.43 Å². The highest BCUT2D eigenvalue weighted by Gasteiger charge is 2.34. The second kappa shape index (κ2) is 8.36. The third kappa shape index (κ3) is 4.56. The monoisotopic (exact) mass is 397 g/mol. The summed E-state index contributed by atoms with van der Waals surface area (Å²) in [6.45, 7) is 6.75. The number of hydrogen-bond acceptors (Lipinski definition) is 3. The maximum atomic E-state index is 12.0. The van der Waals surface area contributed by atoms with E-state index in [-0.39, 0.29) is 11.4 Å². The van der Waals surface area contributed by atoms with Gasteiger partial charge in [0.05, 0.1) is 11.2 Å². The van der Waals surface area contributed by atoms with E-state index in [9.17, 15) is 4.79 Å². The van der Waals surface area contributed by atoms with Gasteiger partial charge in [-0.3, -0.25) is 4.79 Å². The number of halogens is 1. The van der Waals surface area contributed by atoms with Crippen LogP contribution < -0.4 is 10.3 Å². The molecule has 1 amide bonds. The molecule has 2 aromatic carbocycles. The fourth-order valence-electron chi connectivity index (χ4n) is 3.84. The average Bonchev–Trinajstić information content (AvgIpc) is 2.66. The van der Waals surface area contributed by atoms with Gasteiger partial charge >= 0.3 is 0 Å². The molecule has 3 rings (SSSR count). The molecule has 0 bridgehead atoms. The first-order valence-electron chi connectivity index (χ1n) is 9.71. The number of hydrogen-bond donors (Lipinski definition) is 1. The van der Waals surface area contributed by atoms with Gasteiger partial charge in [-0.05, 0) is 55.9 Å². The summed E-state index contributed by atoms with van der Waals surface area (Å²) in [7, 11) is 2.11. The van der Waals surface area contributed by atoms with Crippen LogP contribution in [0.1, 0.15) is 56.2 Å². The van der Waals surface area contributed by atoms with Crippen LogP contribution in [-0.4, -0.2) is 24.7 Å². The molecule has 0 aromatic heterocycles. The molecule has 0 aliphatic carbocycles. The summed E-state index contributed by atoms with van der Waals surface area (Å²) >= 11 is 6.49. The first-order valence-corrected chi connectivity index (χ1v) is 10.1. The Morgan fingerprint density at radius 2 is 2.04 bits per heavy atom. The summed E-state index contributed by atoms with van der Waals surface area (Å²) in [6.07, 6.45) is 3.80. The quantitative estimate of drug-likeness (QED) is 0.560. The molecule has 28 heavy (non-hydrogen) atoms. The van der Waals surface area contributed by atoms with Crippen LogP contribution in [0.15, 0.2) is 47.6 Å². The van der Waals surface area contributed by atoms with Gasteiger partial charge in [0.1, 0.15) is 0 Å². The third-order valence-corrected chi connectivity index (χ3v) is 5.96. The molecule has 1 atom stereocenters. The number of rotatable bonds is 5. The summed E-state index contributed by atoms with van der Waals surface area (Å²) in [4.78, 5) is 14.3. The van der Waals surface area contributed by atoms with Crippen molar-refractivity contribution < 1.29 is 4.79 Å². The van der Waals surface area contributed by atoms with E-state index in [1.54, 1.807) is 6.21 Å². The molecule has 1 aliphatic heterocycles. The largest absolute Gasteiger partial charge is 0.369 e. The van der Waals surface area contributed by atoms with Crippen LogP contribution in [0.5, 0.6) is 0 Å². The number of nitrogens with one attached hydrogen (secondary N) is 1. The number of fused-ring (bicyclic) bond motifs is 1. The van der Waals surface area contributed by atoms with Gasteiger partial charge in [0.15, 0.2) is 0 Å². The van der Waals surface area contributed by atoms with E-state index in [4.69, 9.17) is 11.6 Å². The molecular weight excluding hydrogens is 370 g/mol. The van der Waals surface area contributed by atoms with Crippen LogP contribution in [0.4, 0.5) is 5.69 Å². The van der Waals surface area contributed by atoms with E-state index in [0.29, 0.717) is 23.8 Å². The highest BCUT2D eigenvalue weighted by molar-refractivity contribution is 6.33. The Hall–Kier alpha value is -2.33. The molecule has 148 valence electrons. The SMILES string of the molecule is CC1CC(C)(C)N(C)c2cc(Cl)c(/C=N\NC(=O)CCc3ccccc3)cc21. The maximum Gasteiger partial charge on any atom is 0.240 e. The highest BCUT2D eigenvalue weighted by Crippen LogP contribution is 2.44. The third-order valence-electron chi connectivity index (χ3n) is 5.63. The number of carbonyl (C=O) groups excluding carboxylic acids is 1. The second-order valence-electron chi connectivity index (χ2n) is 8.19. The van der Waals surface area contributed by atoms with Gasteiger partial charge in [-0.15, -0.1) is 0 Å². The molecule has 0 radical (unpaired) electrons. The van der Waals surface area contributed by atoms with Gasteiger partial charge < -0.3 is 4.90 Å². The van der Waals surface area contributed by atoms with E-state index < -0.39 is 0 Å². The molecular formula is C23H28ClN3O. The van der Waals surface area contributed by atoms with E-state index in [1.165, 1.54) is 5.56 Å². The lowest BCUT2D eigenvalue weighted by Crippen LogP contribution is -2.45. The fraction of sp³-hybridized carbons (Fsp3) is 0.391. The first kappa shape index (κ1) is 20.4. The molecule has 5 heteroatoms. The van der Waals surface area contributed by atoms with E-state index in [0.717, 1.165) is 23.2 Å². The summed E-state index contributed by atoms with van der Waals surface area (Å²) in [5.74, 6) is 0.329. The molecule has 0 spiro atoms. The van der Waals surface area contributed by atoms with E-state index in [2.05, 4.69) is 49.3 Å². The standard InChI is InChI=1S/C23H28ClN3O/c1-16-14-23(2,3)27(4)21-13-20(24)18(12-19(16)21)15-25-26-22(28)11-10-17-8-6-5-7-9-17/h5-9,12-13,15-16H,10-11,14H2,1-4H3,(H,26,28)/b25-15-. The van der Waals surface area contributed by atoms with Crippen molar-refractivity contribution >= 4 is 29.4 Å². The molecule has 4 nitrogen and oxygen atoms in total. The maximum absolute atomic E-state index is 12.0. The Balaban J connectivity index is 1.66. The number of benzene rings is 2. The summed E-state index contributed by atoms with van der Waals surface area (Å²) < 4.78 is 0. The molecule has 2 aromatic rings. The van der Waals surface area contributed by atoms with Gasteiger partial charge in [-0.1, -0.05) is 48.9 Å². The van der Waals surface area contributed by atoms with Crippen molar-refractivity contribution in [2.75, 3.05) is 11.9 Å². The van der Waals surface area contributed by atoms with Crippen molar-refractivity contribution in [3.8, 4) is 0 Å². The molecule has 1 N–H and O–H groups in total. The van der Waals surface area contributed by atoms with Crippen LogP contribution in [0.25, 0.3) is 0 Å². The minimum atomic E-state index is -0.107. The topological polar surface area (TPSA) is 44.7 Å². The Bertz CT molecular complexity index is 877. The second-order valence-corrected chi connectivity index (χ2v) is 8.60. The van der Waals surface area contributed by atoms with E-state index in [1.807, 2.05) is 36.4 Å². The fourth-order valence-corrected chi connectivity index (χ4v) is 4.04. The van der Waals surface area contributed by atoms with Crippen molar-refractivity contribution in [2.45, 2.75) is 51.5 Å². The Morgan fingerprint density at radius 3 is 2.75 bits per heavy atom. The first-order chi connectivity index (χ1) is 13.3.